The second-order valence-corrected chi connectivity index (χ2v) is 9.05. The third kappa shape index (κ3) is 4.01. The normalized spacial score (nSPS) is 23.7. The number of hydrogen-bond acceptors (Lipinski definition) is 7. The second kappa shape index (κ2) is 8.22. The van der Waals surface area contributed by atoms with Gasteiger partial charge in [0.2, 0.25) is 0 Å². The third-order valence-electron chi connectivity index (χ3n) is 5.11. The van der Waals surface area contributed by atoms with Crippen LogP contribution >= 0.6 is 23.5 Å². The third-order valence-corrected chi connectivity index (χ3v) is 7.24. The van der Waals surface area contributed by atoms with E-state index in [0.717, 1.165) is 35.9 Å². The number of hydrogen-bond donors (Lipinski definition) is 1. The Morgan fingerprint density at radius 3 is 2.67 bits per heavy atom. The van der Waals surface area contributed by atoms with Gasteiger partial charge >= 0.3 is 0 Å². The summed E-state index contributed by atoms with van der Waals surface area (Å²) in [7, 11) is 0. The number of carbonyl (C=O) groups is 2. The first-order valence-corrected chi connectivity index (χ1v) is 10.9. The van der Waals surface area contributed by atoms with E-state index in [-0.39, 0.29) is 24.2 Å². The Labute approximate surface area is 167 Å². The minimum Gasteiger partial charge on any atom is -0.392 e. The number of aliphatic hydroxyl groups excluding tert-OH is 1. The van der Waals surface area contributed by atoms with E-state index in [1.54, 1.807) is 0 Å². The van der Waals surface area contributed by atoms with E-state index in [9.17, 15) is 14.7 Å². The van der Waals surface area contributed by atoms with Crippen molar-refractivity contribution in [2.45, 2.75) is 18.9 Å². The predicted molar refractivity (Wildman–Crippen MR) is 111 cm³/mol. The zero-order valence-electron chi connectivity index (χ0n) is 15.0. The molecule has 7 heteroatoms. The number of Topliss-reactive ketones (excluding diaryl/α,β-unsaturated/α-hetero) is 2. The molecule has 3 aliphatic rings. The van der Waals surface area contributed by atoms with Gasteiger partial charge < -0.3 is 10.0 Å². The number of aliphatic hydroxyl groups is 1. The van der Waals surface area contributed by atoms with Gasteiger partial charge in [0.15, 0.2) is 11.6 Å². The summed E-state index contributed by atoms with van der Waals surface area (Å²) in [5.41, 5.74) is 1.74. The van der Waals surface area contributed by atoms with Gasteiger partial charge in [-0.05, 0) is 42.3 Å². The molecule has 0 radical (unpaired) electrons. The van der Waals surface area contributed by atoms with Gasteiger partial charge in [-0.15, -0.1) is 0 Å². The number of likely N-dealkylation sites (tertiary alicyclic amines) is 1. The summed E-state index contributed by atoms with van der Waals surface area (Å²) < 4.78 is 0.779. The fourth-order valence-corrected chi connectivity index (χ4v) is 5.66. The molecule has 3 heterocycles. The van der Waals surface area contributed by atoms with Crippen LogP contribution in [-0.2, 0) is 4.79 Å². The van der Waals surface area contributed by atoms with Crippen LogP contribution < -0.4 is 4.90 Å². The largest absolute Gasteiger partial charge is 0.392 e. The summed E-state index contributed by atoms with van der Waals surface area (Å²) in [5, 5.41) is 13.7. The molecule has 1 saturated heterocycles. The molecule has 0 amide bonds. The predicted octanol–water partition coefficient (Wildman–Crippen LogP) is 2.88. The van der Waals surface area contributed by atoms with Gasteiger partial charge in [0, 0.05) is 30.9 Å². The molecule has 0 aromatic heterocycles. The molecule has 1 aromatic carbocycles. The zero-order chi connectivity index (χ0) is 18.8. The molecule has 1 fully saturated rings. The SMILES string of the molecule is O=C1CN(CCN2CCCC(O)C2)c2ccccc2C(=O)C1=C1SC=CS1. The summed E-state index contributed by atoms with van der Waals surface area (Å²) in [6.07, 6.45) is 1.59. The molecule has 5 nitrogen and oxygen atoms in total. The fraction of sp³-hybridized carbons (Fsp3) is 0.400. The number of carbonyl (C=O) groups excluding carboxylic acids is 2. The highest BCUT2D eigenvalue weighted by Gasteiger charge is 2.33. The monoisotopic (exact) mass is 402 g/mol. The minimum absolute atomic E-state index is 0.117. The molecule has 0 saturated carbocycles. The maximum absolute atomic E-state index is 13.1. The van der Waals surface area contributed by atoms with Crippen molar-refractivity contribution in [2.24, 2.45) is 0 Å². The molecule has 27 heavy (non-hydrogen) atoms. The summed E-state index contributed by atoms with van der Waals surface area (Å²) in [5.74, 6) is -0.293. The highest BCUT2D eigenvalue weighted by Crippen LogP contribution is 2.42. The van der Waals surface area contributed by atoms with Gasteiger partial charge in [-0.2, -0.15) is 0 Å². The van der Waals surface area contributed by atoms with Crippen molar-refractivity contribution in [2.75, 3.05) is 37.6 Å². The van der Waals surface area contributed by atoms with Crippen LogP contribution in [0.5, 0.6) is 0 Å². The van der Waals surface area contributed by atoms with Crippen LogP contribution in [0.4, 0.5) is 5.69 Å². The van der Waals surface area contributed by atoms with Gasteiger partial charge in [0.1, 0.15) is 0 Å². The van der Waals surface area contributed by atoms with Crippen LogP contribution in [0.3, 0.4) is 0 Å². The van der Waals surface area contributed by atoms with E-state index in [1.807, 2.05) is 40.0 Å². The van der Waals surface area contributed by atoms with Crippen LogP contribution in [0.15, 0.2) is 44.9 Å². The summed E-state index contributed by atoms with van der Waals surface area (Å²) >= 11 is 2.89. The highest BCUT2D eigenvalue weighted by molar-refractivity contribution is 8.27. The molecule has 1 aromatic rings. The van der Waals surface area contributed by atoms with Crippen LogP contribution in [-0.4, -0.2) is 60.4 Å². The highest BCUT2D eigenvalue weighted by atomic mass is 32.2. The van der Waals surface area contributed by atoms with E-state index in [4.69, 9.17) is 0 Å². The van der Waals surface area contributed by atoms with Gasteiger partial charge in [0.25, 0.3) is 0 Å². The van der Waals surface area contributed by atoms with Crippen molar-refractivity contribution < 1.29 is 14.7 Å². The van der Waals surface area contributed by atoms with Gasteiger partial charge in [-0.1, -0.05) is 35.7 Å². The first-order valence-electron chi connectivity index (χ1n) is 9.18. The smallest absolute Gasteiger partial charge is 0.200 e. The van der Waals surface area contributed by atoms with Gasteiger partial charge in [-0.25, -0.2) is 0 Å². The summed E-state index contributed by atoms with van der Waals surface area (Å²) in [4.78, 5) is 30.3. The number of para-hydroxylation sites is 1. The first-order chi connectivity index (χ1) is 13.1. The van der Waals surface area contributed by atoms with Crippen LogP contribution in [0.2, 0.25) is 0 Å². The van der Waals surface area contributed by atoms with Crippen LogP contribution in [0.25, 0.3) is 0 Å². The Hall–Kier alpha value is -1.54. The molecule has 0 bridgehead atoms. The number of thioether (sulfide) groups is 2. The molecular formula is C20H22N2O3S2. The van der Waals surface area contributed by atoms with Gasteiger partial charge in [-0.3, -0.25) is 14.5 Å². The minimum atomic E-state index is -0.265. The van der Waals surface area contributed by atoms with Gasteiger partial charge in [0.05, 0.1) is 22.5 Å². The topological polar surface area (TPSA) is 60.9 Å². The molecule has 0 aliphatic carbocycles. The van der Waals surface area contributed by atoms with Crippen molar-refractivity contribution in [1.29, 1.82) is 0 Å². The molecule has 4 rings (SSSR count). The molecule has 1 unspecified atom stereocenters. The number of piperidine rings is 1. The molecular weight excluding hydrogens is 380 g/mol. The number of nitrogens with zero attached hydrogens (tertiary/aromatic N) is 2. The molecule has 1 atom stereocenters. The number of β-amino-alcohol motifs (C(OH)–C–C–N with tert-alkyl or cyclic N) is 1. The Morgan fingerprint density at radius 1 is 1.11 bits per heavy atom. The van der Waals surface area contributed by atoms with Crippen molar-refractivity contribution in [3.8, 4) is 0 Å². The number of benzene rings is 1. The quantitative estimate of drug-likeness (QED) is 0.616. The average Bonchev–Trinajstić information content (AvgIpc) is 3.16. The van der Waals surface area contributed by atoms with Crippen LogP contribution in [0.1, 0.15) is 23.2 Å². The van der Waals surface area contributed by atoms with E-state index in [1.165, 1.54) is 23.5 Å². The van der Waals surface area contributed by atoms with E-state index >= 15 is 0 Å². The first kappa shape index (κ1) is 18.8. The number of rotatable bonds is 3. The van der Waals surface area contributed by atoms with Crippen molar-refractivity contribution in [1.82, 2.24) is 4.90 Å². The maximum Gasteiger partial charge on any atom is 0.200 e. The number of ketones is 2. The lowest BCUT2D eigenvalue weighted by molar-refractivity contribution is -0.114. The lowest BCUT2D eigenvalue weighted by atomic mass is 10.0. The Morgan fingerprint density at radius 2 is 1.89 bits per heavy atom. The van der Waals surface area contributed by atoms with Crippen molar-refractivity contribution in [3.63, 3.8) is 0 Å². The maximum atomic E-state index is 13.1. The molecule has 142 valence electrons. The zero-order valence-corrected chi connectivity index (χ0v) is 16.6. The van der Waals surface area contributed by atoms with E-state index in [0.29, 0.717) is 24.2 Å². The Kier molecular flexibility index (Phi) is 5.73. The van der Waals surface area contributed by atoms with E-state index < -0.39 is 0 Å². The number of anilines is 1. The number of fused-ring (bicyclic) bond motifs is 1. The van der Waals surface area contributed by atoms with Crippen LogP contribution in [0, 0.1) is 0 Å². The average molecular weight is 403 g/mol. The van der Waals surface area contributed by atoms with Crippen molar-refractivity contribution in [3.05, 3.63) is 50.5 Å². The summed E-state index contributed by atoms with van der Waals surface area (Å²) in [6.45, 7) is 3.27. The lowest BCUT2D eigenvalue weighted by Gasteiger charge is -2.32. The fourth-order valence-electron chi connectivity index (χ4n) is 3.77. The van der Waals surface area contributed by atoms with E-state index in [2.05, 4.69) is 4.90 Å². The standard InChI is InChI=1S/C20H22N2O3S2/c23-14-4-3-7-21(12-14)8-9-22-13-17(24)18(20-26-10-11-27-20)19(25)15-5-1-2-6-16(15)22/h1-2,5-6,10-11,14,23H,3-4,7-9,12-13H2. The Balaban J connectivity index is 1.60. The lowest BCUT2D eigenvalue weighted by Crippen LogP contribution is -2.43. The molecule has 3 aliphatic heterocycles. The summed E-state index contributed by atoms with van der Waals surface area (Å²) in [6, 6.07) is 7.49. The molecule has 0 spiro atoms. The molecule has 1 N–H and O–H groups in total. The van der Waals surface area contributed by atoms with Crippen molar-refractivity contribution >= 4 is 40.8 Å². The second-order valence-electron chi connectivity index (χ2n) is 6.96. The Bertz CT molecular complexity index is 811.